The number of amides is 1. The number of Topliss-reactive ketones (excluding diaryl/α,β-unsaturated/α-hetero) is 1. The molecule has 1 N–H and O–H groups in total. The Kier molecular flexibility index (Phi) is 7.28. The molecule has 1 saturated heterocycles. The smallest absolute Gasteiger partial charge is 0.338 e. The second-order valence-corrected chi connectivity index (χ2v) is 9.70. The third-order valence-corrected chi connectivity index (χ3v) is 6.92. The van der Waals surface area contributed by atoms with Crippen LogP contribution in [0.3, 0.4) is 0 Å². The van der Waals surface area contributed by atoms with E-state index in [2.05, 4.69) is 0 Å². The van der Waals surface area contributed by atoms with Crippen LogP contribution in [0.2, 0.25) is 0 Å². The number of hydrogen-bond donors (Lipinski definition) is 1. The number of benzene rings is 4. The number of carbonyl (C=O) groups is 3. The number of hydrogen-bond acceptors (Lipinski definition) is 5. The molecule has 1 aliphatic rings. The van der Waals surface area contributed by atoms with Gasteiger partial charge in [-0.05, 0) is 47.4 Å². The Morgan fingerprint density at radius 3 is 2.38 bits per heavy atom. The fourth-order valence-electron chi connectivity index (χ4n) is 5.03. The van der Waals surface area contributed by atoms with Gasteiger partial charge in [0.15, 0.2) is 0 Å². The van der Waals surface area contributed by atoms with Crippen molar-refractivity contribution in [1.29, 1.82) is 0 Å². The minimum atomic E-state index is -0.780. The molecule has 1 unspecified atom stereocenters. The summed E-state index contributed by atoms with van der Waals surface area (Å²) in [6.45, 7) is 4.34. The standard InChI is InChI=1S/C33H29NO5/c1-3-18-39-33(38)24-16-14-22(15-17-24)20-34-29(25-11-6-8-21(2)19-25)28(31(36)32(34)37)30(35)27-13-7-10-23-9-4-5-12-26(23)27/h4-17,19,29,35H,3,18,20H2,1-2H3/b30-28-. The van der Waals surface area contributed by atoms with Crippen LogP contribution in [0, 0.1) is 6.92 Å². The van der Waals surface area contributed by atoms with Gasteiger partial charge in [-0.25, -0.2) is 4.79 Å². The lowest BCUT2D eigenvalue weighted by atomic mass is 9.92. The van der Waals surface area contributed by atoms with Gasteiger partial charge in [-0.15, -0.1) is 0 Å². The van der Waals surface area contributed by atoms with Gasteiger partial charge >= 0.3 is 5.97 Å². The van der Waals surface area contributed by atoms with Gasteiger partial charge < -0.3 is 14.7 Å². The number of fused-ring (bicyclic) bond motifs is 1. The van der Waals surface area contributed by atoms with Crippen molar-refractivity contribution in [3.05, 3.63) is 124 Å². The highest BCUT2D eigenvalue weighted by atomic mass is 16.5. The van der Waals surface area contributed by atoms with Crippen molar-refractivity contribution < 1.29 is 24.2 Å². The molecule has 1 heterocycles. The Labute approximate surface area is 227 Å². The van der Waals surface area contributed by atoms with E-state index < -0.39 is 23.7 Å². The molecule has 196 valence electrons. The summed E-state index contributed by atoms with van der Waals surface area (Å²) in [5.41, 5.74) is 3.42. The van der Waals surface area contributed by atoms with Gasteiger partial charge in [0.1, 0.15) is 5.76 Å². The van der Waals surface area contributed by atoms with Crippen LogP contribution in [-0.2, 0) is 20.9 Å². The molecular formula is C33H29NO5. The summed E-state index contributed by atoms with van der Waals surface area (Å²) >= 11 is 0. The molecule has 0 aliphatic carbocycles. The Hall–Kier alpha value is -4.71. The van der Waals surface area contributed by atoms with Crippen molar-refractivity contribution in [3.8, 4) is 0 Å². The number of esters is 1. The van der Waals surface area contributed by atoms with E-state index in [1.54, 1.807) is 30.3 Å². The first-order chi connectivity index (χ1) is 18.9. The zero-order valence-electron chi connectivity index (χ0n) is 21.9. The van der Waals surface area contributed by atoms with Crippen molar-refractivity contribution in [2.45, 2.75) is 32.9 Å². The van der Waals surface area contributed by atoms with Crippen LogP contribution in [0.4, 0.5) is 0 Å². The van der Waals surface area contributed by atoms with Gasteiger partial charge in [0.2, 0.25) is 0 Å². The Morgan fingerprint density at radius 1 is 0.923 bits per heavy atom. The maximum absolute atomic E-state index is 13.5. The number of ether oxygens (including phenoxy) is 1. The van der Waals surface area contributed by atoms with E-state index in [9.17, 15) is 19.5 Å². The zero-order valence-corrected chi connectivity index (χ0v) is 21.9. The summed E-state index contributed by atoms with van der Waals surface area (Å²) in [5.74, 6) is -2.02. The molecule has 0 saturated carbocycles. The minimum absolute atomic E-state index is 0.0571. The van der Waals surface area contributed by atoms with E-state index in [0.29, 0.717) is 17.7 Å². The van der Waals surface area contributed by atoms with E-state index in [1.165, 1.54) is 4.90 Å². The van der Waals surface area contributed by atoms with Gasteiger partial charge in [-0.2, -0.15) is 0 Å². The van der Waals surface area contributed by atoms with Gasteiger partial charge in [0.25, 0.3) is 11.7 Å². The van der Waals surface area contributed by atoms with Gasteiger partial charge in [-0.1, -0.05) is 91.3 Å². The van der Waals surface area contributed by atoms with Crippen molar-refractivity contribution in [2.24, 2.45) is 0 Å². The summed E-state index contributed by atoms with van der Waals surface area (Å²) in [7, 11) is 0. The lowest BCUT2D eigenvalue weighted by Crippen LogP contribution is -2.29. The first-order valence-corrected chi connectivity index (χ1v) is 13.0. The van der Waals surface area contributed by atoms with E-state index in [0.717, 1.165) is 33.9 Å². The van der Waals surface area contributed by atoms with Gasteiger partial charge in [-0.3, -0.25) is 9.59 Å². The van der Waals surface area contributed by atoms with Gasteiger partial charge in [0, 0.05) is 12.1 Å². The number of aliphatic hydroxyl groups is 1. The molecule has 1 atom stereocenters. The molecular weight excluding hydrogens is 490 g/mol. The number of aryl methyl sites for hydroxylation is 1. The molecule has 0 bridgehead atoms. The zero-order chi connectivity index (χ0) is 27.5. The van der Waals surface area contributed by atoms with E-state index >= 15 is 0 Å². The highest BCUT2D eigenvalue weighted by Crippen LogP contribution is 2.41. The lowest BCUT2D eigenvalue weighted by Gasteiger charge is -2.26. The van der Waals surface area contributed by atoms with Crippen LogP contribution in [0.25, 0.3) is 16.5 Å². The Morgan fingerprint density at radius 2 is 1.64 bits per heavy atom. The second-order valence-electron chi connectivity index (χ2n) is 9.70. The molecule has 4 aromatic rings. The fraction of sp³-hybridized carbons (Fsp3) is 0.182. The normalized spacial score (nSPS) is 16.6. The fourth-order valence-corrected chi connectivity index (χ4v) is 5.03. The molecule has 0 spiro atoms. The second kappa shape index (κ2) is 11.0. The summed E-state index contributed by atoms with van der Waals surface area (Å²) in [4.78, 5) is 40.6. The maximum atomic E-state index is 13.5. The summed E-state index contributed by atoms with van der Waals surface area (Å²) < 4.78 is 5.20. The Balaban J connectivity index is 1.58. The molecule has 4 aromatic carbocycles. The van der Waals surface area contributed by atoms with E-state index in [4.69, 9.17) is 4.74 Å². The molecule has 5 rings (SSSR count). The molecule has 1 aliphatic heterocycles. The molecule has 0 radical (unpaired) electrons. The number of ketones is 1. The van der Waals surface area contributed by atoms with E-state index in [1.807, 2.05) is 74.5 Å². The first-order valence-electron chi connectivity index (χ1n) is 13.0. The van der Waals surface area contributed by atoms with Crippen LogP contribution in [0.5, 0.6) is 0 Å². The number of likely N-dealkylation sites (tertiary alicyclic amines) is 1. The monoisotopic (exact) mass is 519 g/mol. The minimum Gasteiger partial charge on any atom is -0.507 e. The summed E-state index contributed by atoms with van der Waals surface area (Å²) in [6, 6.07) is 26.7. The Bertz CT molecular complexity index is 1600. The van der Waals surface area contributed by atoms with Crippen LogP contribution in [0.15, 0.2) is 96.6 Å². The quantitative estimate of drug-likeness (QED) is 0.133. The maximum Gasteiger partial charge on any atom is 0.338 e. The number of aliphatic hydroxyl groups excluding tert-OH is 1. The molecule has 6 heteroatoms. The third-order valence-electron chi connectivity index (χ3n) is 6.92. The number of carbonyl (C=O) groups excluding carboxylic acids is 3. The van der Waals surface area contributed by atoms with Crippen LogP contribution < -0.4 is 0 Å². The van der Waals surface area contributed by atoms with Crippen molar-refractivity contribution in [3.63, 3.8) is 0 Å². The van der Waals surface area contributed by atoms with Gasteiger partial charge in [0.05, 0.1) is 23.8 Å². The van der Waals surface area contributed by atoms with Crippen molar-refractivity contribution in [1.82, 2.24) is 4.90 Å². The largest absolute Gasteiger partial charge is 0.507 e. The average molecular weight is 520 g/mol. The summed E-state index contributed by atoms with van der Waals surface area (Å²) in [5, 5.41) is 13.3. The van der Waals surface area contributed by atoms with Crippen molar-refractivity contribution >= 4 is 34.2 Å². The average Bonchev–Trinajstić information content (AvgIpc) is 3.20. The summed E-state index contributed by atoms with van der Waals surface area (Å²) in [6.07, 6.45) is 0.733. The third kappa shape index (κ3) is 5.06. The van der Waals surface area contributed by atoms with Crippen molar-refractivity contribution in [2.75, 3.05) is 6.61 Å². The van der Waals surface area contributed by atoms with Crippen LogP contribution in [-0.4, -0.2) is 34.3 Å². The number of rotatable bonds is 7. The highest BCUT2D eigenvalue weighted by Gasteiger charge is 2.46. The van der Waals surface area contributed by atoms with Crippen LogP contribution >= 0.6 is 0 Å². The topological polar surface area (TPSA) is 83.9 Å². The highest BCUT2D eigenvalue weighted by molar-refractivity contribution is 6.46. The molecule has 0 aromatic heterocycles. The lowest BCUT2D eigenvalue weighted by molar-refractivity contribution is -0.140. The molecule has 1 fully saturated rings. The molecule has 1 amide bonds. The van der Waals surface area contributed by atoms with E-state index in [-0.39, 0.29) is 17.9 Å². The first kappa shape index (κ1) is 25.9. The number of nitrogens with zero attached hydrogens (tertiary/aromatic N) is 1. The SMILES string of the molecule is CCCOC(=O)c1ccc(CN2C(=O)C(=O)/C(=C(\O)c3cccc4ccccc34)C2c2cccc(C)c2)cc1. The predicted molar refractivity (Wildman–Crippen MR) is 150 cm³/mol. The molecule has 6 nitrogen and oxygen atoms in total. The predicted octanol–water partition coefficient (Wildman–Crippen LogP) is 6.34. The molecule has 39 heavy (non-hydrogen) atoms. The van der Waals surface area contributed by atoms with Crippen LogP contribution in [0.1, 0.15) is 52.0 Å².